The van der Waals surface area contributed by atoms with Crippen LogP contribution in [0.25, 0.3) is 0 Å². The molecule has 1 aliphatic carbocycles. The molecule has 0 saturated heterocycles. The minimum absolute atomic E-state index is 0.0359. The standard InChI is InChI=1S/C17H19N3O6/c1-17(2)14(21)13(9-5-4-8(20(23)24)6-12(9)26-17)25-15-10-7-11(10)16(22)19(3)18-15/h4-6,10-11,13-14,21H,7H2,1-3H3. The summed E-state index contributed by atoms with van der Waals surface area (Å²) in [4.78, 5) is 22.4. The lowest BCUT2D eigenvalue weighted by Crippen LogP contribution is -2.50. The zero-order valence-electron chi connectivity index (χ0n) is 14.6. The Bertz CT molecular complexity index is 836. The summed E-state index contributed by atoms with van der Waals surface area (Å²) in [5.41, 5.74) is -0.591. The van der Waals surface area contributed by atoms with Crippen molar-refractivity contribution < 1.29 is 24.3 Å². The number of non-ortho nitro benzene ring substituents is 1. The van der Waals surface area contributed by atoms with E-state index in [-0.39, 0.29) is 23.4 Å². The molecule has 26 heavy (non-hydrogen) atoms. The number of fused-ring (bicyclic) bond motifs is 2. The van der Waals surface area contributed by atoms with Gasteiger partial charge in [-0.3, -0.25) is 14.9 Å². The normalized spacial score (nSPS) is 31.3. The third kappa shape index (κ3) is 2.50. The fourth-order valence-corrected chi connectivity index (χ4v) is 3.46. The summed E-state index contributed by atoms with van der Waals surface area (Å²) in [5.74, 6) is 0.481. The molecule has 0 aromatic heterocycles. The van der Waals surface area contributed by atoms with Gasteiger partial charge in [-0.15, -0.1) is 5.10 Å². The molecule has 1 aromatic rings. The Morgan fingerprint density at radius 1 is 1.42 bits per heavy atom. The highest BCUT2D eigenvalue weighted by atomic mass is 16.6. The Morgan fingerprint density at radius 2 is 2.15 bits per heavy atom. The van der Waals surface area contributed by atoms with E-state index in [9.17, 15) is 20.0 Å². The maximum Gasteiger partial charge on any atom is 0.273 e. The van der Waals surface area contributed by atoms with Gasteiger partial charge in [-0.1, -0.05) is 0 Å². The van der Waals surface area contributed by atoms with Gasteiger partial charge in [0.15, 0.2) is 6.10 Å². The molecule has 1 fully saturated rings. The molecule has 9 nitrogen and oxygen atoms in total. The first-order valence-corrected chi connectivity index (χ1v) is 8.37. The number of carbonyl (C=O) groups is 1. The molecule has 138 valence electrons. The third-order valence-electron chi connectivity index (χ3n) is 5.13. The van der Waals surface area contributed by atoms with Crippen molar-refractivity contribution in [3.8, 4) is 5.75 Å². The topological polar surface area (TPSA) is 114 Å². The number of aliphatic hydroxyl groups excluding tert-OH is 1. The number of carbonyl (C=O) groups excluding carboxylic acids is 1. The first-order valence-electron chi connectivity index (χ1n) is 8.37. The van der Waals surface area contributed by atoms with Crippen molar-refractivity contribution >= 4 is 17.5 Å². The Morgan fingerprint density at radius 3 is 2.85 bits per heavy atom. The number of hydrazone groups is 1. The highest BCUT2D eigenvalue weighted by Gasteiger charge is 2.54. The number of nitro groups is 1. The molecule has 4 unspecified atom stereocenters. The summed E-state index contributed by atoms with van der Waals surface area (Å²) in [5, 5.41) is 27.2. The van der Waals surface area contributed by atoms with E-state index >= 15 is 0 Å². The molecule has 1 amide bonds. The molecule has 1 saturated carbocycles. The Balaban J connectivity index is 1.70. The average Bonchev–Trinajstić information content (AvgIpc) is 3.36. The molecule has 2 heterocycles. The largest absolute Gasteiger partial charge is 0.484 e. The zero-order chi connectivity index (χ0) is 18.8. The maximum atomic E-state index is 11.9. The van der Waals surface area contributed by atoms with Crippen LogP contribution < -0.4 is 4.74 Å². The molecule has 3 aliphatic rings. The van der Waals surface area contributed by atoms with Crippen molar-refractivity contribution in [3.63, 3.8) is 0 Å². The number of amides is 1. The fraction of sp³-hybridized carbons (Fsp3) is 0.529. The lowest BCUT2D eigenvalue weighted by atomic mass is 9.88. The van der Waals surface area contributed by atoms with E-state index in [1.807, 2.05) is 0 Å². The van der Waals surface area contributed by atoms with E-state index in [1.54, 1.807) is 20.9 Å². The number of benzene rings is 1. The second-order valence-corrected chi connectivity index (χ2v) is 7.42. The van der Waals surface area contributed by atoms with E-state index in [4.69, 9.17) is 9.47 Å². The fourth-order valence-electron chi connectivity index (χ4n) is 3.46. The summed E-state index contributed by atoms with van der Waals surface area (Å²) >= 11 is 0. The van der Waals surface area contributed by atoms with Crippen molar-refractivity contribution in [2.75, 3.05) is 7.05 Å². The molecule has 1 aromatic carbocycles. The van der Waals surface area contributed by atoms with Crippen LogP contribution >= 0.6 is 0 Å². The van der Waals surface area contributed by atoms with Gasteiger partial charge in [0.1, 0.15) is 17.5 Å². The van der Waals surface area contributed by atoms with Gasteiger partial charge in [0.2, 0.25) is 11.8 Å². The van der Waals surface area contributed by atoms with Crippen LogP contribution in [0.3, 0.4) is 0 Å². The summed E-state index contributed by atoms with van der Waals surface area (Å²) in [6, 6.07) is 4.21. The highest BCUT2D eigenvalue weighted by molar-refractivity contribution is 5.96. The molecule has 4 atom stereocenters. The first-order chi connectivity index (χ1) is 12.2. The van der Waals surface area contributed by atoms with E-state index in [0.29, 0.717) is 23.6 Å². The van der Waals surface area contributed by atoms with Crippen molar-refractivity contribution in [3.05, 3.63) is 33.9 Å². The predicted octanol–water partition coefficient (Wildman–Crippen LogP) is 1.61. The van der Waals surface area contributed by atoms with Crippen LogP contribution in [-0.2, 0) is 9.53 Å². The number of aliphatic hydroxyl groups is 1. The molecular weight excluding hydrogens is 342 g/mol. The van der Waals surface area contributed by atoms with Crippen molar-refractivity contribution in [1.82, 2.24) is 5.01 Å². The molecule has 1 N–H and O–H groups in total. The van der Waals surface area contributed by atoms with Gasteiger partial charge in [-0.05, 0) is 26.3 Å². The number of nitrogens with zero attached hydrogens (tertiary/aromatic N) is 3. The van der Waals surface area contributed by atoms with Gasteiger partial charge >= 0.3 is 0 Å². The van der Waals surface area contributed by atoms with Gasteiger partial charge < -0.3 is 14.6 Å². The maximum absolute atomic E-state index is 11.9. The predicted molar refractivity (Wildman–Crippen MR) is 89.4 cm³/mol. The smallest absolute Gasteiger partial charge is 0.273 e. The van der Waals surface area contributed by atoms with E-state index < -0.39 is 22.7 Å². The van der Waals surface area contributed by atoms with Gasteiger partial charge in [-0.25, -0.2) is 5.01 Å². The minimum atomic E-state index is -1.01. The van der Waals surface area contributed by atoms with E-state index in [0.717, 1.165) is 0 Å². The monoisotopic (exact) mass is 361 g/mol. The molecular formula is C17H19N3O6. The van der Waals surface area contributed by atoms with Gasteiger partial charge in [0.05, 0.1) is 16.9 Å². The average molecular weight is 361 g/mol. The Kier molecular flexibility index (Phi) is 3.49. The van der Waals surface area contributed by atoms with E-state index in [2.05, 4.69) is 5.10 Å². The molecule has 0 spiro atoms. The first kappa shape index (κ1) is 16.8. The van der Waals surface area contributed by atoms with Crippen LogP contribution in [0.15, 0.2) is 23.3 Å². The lowest BCUT2D eigenvalue weighted by molar-refractivity contribution is -0.385. The molecule has 0 bridgehead atoms. The molecule has 2 aliphatic heterocycles. The number of ether oxygens (including phenoxy) is 2. The van der Waals surface area contributed by atoms with Gasteiger partial charge in [-0.2, -0.15) is 0 Å². The Hall–Kier alpha value is -2.68. The molecule has 0 radical (unpaired) electrons. The number of hydrogen-bond donors (Lipinski definition) is 1. The number of hydrogen-bond acceptors (Lipinski definition) is 7. The van der Waals surface area contributed by atoms with Gasteiger partial charge in [0, 0.05) is 24.6 Å². The quantitative estimate of drug-likeness (QED) is 0.632. The second kappa shape index (κ2) is 5.41. The van der Waals surface area contributed by atoms with Crippen LogP contribution in [0.4, 0.5) is 5.69 Å². The number of rotatable bonds is 2. The third-order valence-corrected chi connectivity index (χ3v) is 5.13. The Labute approximate surface area is 149 Å². The van der Waals surface area contributed by atoms with Crippen LogP contribution in [0, 0.1) is 22.0 Å². The van der Waals surface area contributed by atoms with E-state index in [1.165, 1.54) is 23.2 Å². The van der Waals surface area contributed by atoms with Gasteiger partial charge in [0.25, 0.3) is 5.69 Å². The van der Waals surface area contributed by atoms with Crippen LogP contribution in [-0.4, -0.2) is 45.6 Å². The van der Waals surface area contributed by atoms with Crippen molar-refractivity contribution in [2.24, 2.45) is 16.9 Å². The number of nitro benzene ring substituents is 1. The zero-order valence-corrected chi connectivity index (χ0v) is 14.6. The lowest BCUT2D eigenvalue weighted by Gasteiger charge is -2.42. The van der Waals surface area contributed by atoms with Crippen LogP contribution in [0.5, 0.6) is 5.75 Å². The highest BCUT2D eigenvalue weighted by Crippen LogP contribution is 2.48. The second-order valence-electron chi connectivity index (χ2n) is 7.42. The summed E-state index contributed by atoms with van der Waals surface area (Å²) in [6.45, 7) is 3.38. The molecule has 9 heteroatoms. The van der Waals surface area contributed by atoms with Crippen LogP contribution in [0.2, 0.25) is 0 Å². The summed E-state index contributed by atoms with van der Waals surface area (Å²) in [7, 11) is 1.57. The van der Waals surface area contributed by atoms with Crippen molar-refractivity contribution in [2.45, 2.75) is 38.1 Å². The van der Waals surface area contributed by atoms with Crippen molar-refractivity contribution in [1.29, 1.82) is 0 Å². The summed E-state index contributed by atoms with van der Waals surface area (Å²) in [6.07, 6.45) is -1.13. The summed E-state index contributed by atoms with van der Waals surface area (Å²) < 4.78 is 11.8. The minimum Gasteiger partial charge on any atom is -0.484 e. The van der Waals surface area contributed by atoms with Crippen LogP contribution in [0.1, 0.15) is 31.9 Å². The SMILES string of the molecule is CN1N=C(OC2c3ccc([N+](=O)[O-])cc3OC(C)(C)C2O)C2CC2C1=O. The molecule has 4 rings (SSSR count).